The van der Waals surface area contributed by atoms with E-state index in [1.165, 1.54) is 187 Å². The van der Waals surface area contributed by atoms with Crippen molar-refractivity contribution in [1.82, 2.24) is 21.3 Å². The first-order chi connectivity index (χ1) is 39.0. The molecule has 16 saturated carbocycles. The molecule has 438 valence electrons. The average Bonchev–Trinajstić information content (AvgIpc) is 3.52. The summed E-state index contributed by atoms with van der Waals surface area (Å²) in [5.41, 5.74) is 11.5. The van der Waals surface area contributed by atoms with E-state index in [-0.39, 0.29) is 0 Å². The summed E-state index contributed by atoms with van der Waals surface area (Å²) in [4.78, 5) is 0. The van der Waals surface area contributed by atoms with Crippen LogP contribution in [0.2, 0.25) is 0 Å². The third-order valence-electron chi connectivity index (χ3n) is 24.1. The lowest BCUT2D eigenvalue weighted by atomic mass is 9.53. The van der Waals surface area contributed by atoms with E-state index in [0.29, 0.717) is 39.4 Å². The summed E-state index contributed by atoms with van der Waals surface area (Å²) in [6.45, 7) is 12.0. The Morgan fingerprint density at radius 2 is 0.630 bits per heavy atom. The first-order valence-corrected chi connectivity index (χ1v) is 33.0. The summed E-state index contributed by atoms with van der Waals surface area (Å²) in [5, 5.41) is 44.5. The van der Waals surface area contributed by atoms with E-state index in [2.05, 4.69) is 83.6 Å². The highest BCUT2D eigenvalue weighted by atomic mass is 16.5. The Hall–Kier alpha value is -4.08. The minimum atomic E-state index is 0.376. The maximum absolute atomic E-state index is 9.62. The highest BCUT2D eigenvalue weighted by Gasteiger charge is 2.54. The van der Waals surface area contributed by atoms with E-state index >= 15 is 0 Å². The lowest BCUT2D eigenvalue weighted by molar-refractivity contribution is -0.0207. The van der Waals surface area contributed by atoms with E-state index < -0.39 is 0 Å². The van der Waals surface area contributed by atoms with E-state index in [4.69, 9.17) is 4.74 Å². The van der Waals surface area contributed by atoms with Crippen molar-refractivity contribution in [1.29, 1.82) is 0 Å². The van der Waals surface area contributed by atoms with Crippen molar-refractivity contribution in [3.05, 3.63) is 117 Å². The molecule has 0 saturated heterocycles. The molecule has 20 rings (SSSR count). The molecular formula is C73H102N4O4. The standard InChI is InChI=1S/C19H27NO.3C18H25NO/c1-13-5-14(3-4-18(13)21-2)12-20-19-9-15-6-16(10-19)8-17(7-15)11-19;1-12-4-17(20)3-2-16(12)11-19-18-8-13-5-14(9-18)7-15(6-13)10-18;2*1-12-4-13(2-3-17(12)20)11-19-18-8-14-5-15(9-18)7-16(6-14)10-18/h3-5,15-17,20H,6-12H2,1-2H3;2-4,13-15,19-20H,5-11H2,1H3;2*2-4,14-16,19-20H,5-11H2,1H3. The van der Waals surface area contributed by atoms with Crippen molar-refractivity contribution in [2.75, 3.05) is 7.11 Å². The number of ether oxygens (including phenoxy) is 1. The molecule has 81 heavy (non-hydrogen) atoms. The lowest BCUT2D eigenvalue weighted by Crippen LogP contribution is -2.58. The molecule has 0 spiro atoms. The number of aryl methyl sites for hydroxylation is 4. The summed E-state index contributed by atoms with van der Waals surface area (Å²) in [6.07, 6.45) is 34.9. The molecule has 0 amide bonds. The predicted molar refractivity (Wildman–Crippen MR) is 327 cm³/mol. The van der Waals surface area contributed by atoms with Gasteiger partial charge in [0, 0.05) is 48.3 Å². The number of aromatic hydroxyl groups is 3. The minimum Gasteiger partial charge on any atom is -0.508 e. The van der Waals surface area contributed by atoms with Crippen LogP contribution in [0.5, 0.6) is 23.0 Å². The summed E-state index contributed by atoms with van der Waals surface area (Å²) in [6, 6.07) is 24.3. The topological polar surface area (TPSA) is 118 Å². The van der Waals surface area contributed by atoms with E-state index in [1.54, 1.807) is 7.11 Å². The Morgan fingerprint density at radius 1 is 0.346 bits per heavy atom. The fourth-order valence-corrected chi connectivity index (χ4v) is 22.0. The fourth-order valence-electron chi connectivity index (χ4n) is 22.0. The van der Waals surface area contributed by atoms with Crippen molar-refractivity contribution in [3.63, 3.8) is 0 Å². The van der Waals surface area contributed by atoms with Gasteiger partial charge in [0.1, 0.15) is 23.0 Å². The molecule has 0 heterocycles. The zero-order chi connectivity index (χ0) is 55.7. The van der Waals surface area contributed by atoms with E-state index in [9.17, 15) is 15.3 Å². The average molecular weight is 1100 g/mol. The third kappa shape index (κ3) is 12.5. The SMILES string of the molecule is COc1ccc(CNC23CC4CC(CC(C4)C2)C3)cc1C.Cc1cc(CNC23CC4CC(CC(C4)C2)C3)ccc1O.Cc1cc(CNC23CC4CC(CC(C4)C2)C3)ccc1O.Cc1cc(O)ccc1CNC12CC3CC(CC(C3)C1)C2. The Labute approximate surface area is 487 Å². The Balaban J connectivity index is 0.000000102. The van der Waals surface area contributed by atoms with Crippen molar-refractivity contribution in [2.45, 2.75) is 230 Å². The van der Waals surface area contributed by atoms with Crippen LogP contribution in [-0.4, -0.2) is 44.6 Å². The second-order valence-electron chi connectivity index (χ2n) is 30.9. The van der Waals surface area contributed by atoms with Crippen molar-refractivity contribution in [2.24, 2.45) is 71.0 Å². The molecule has 7 N–H and O–H groups in total. The van der Waals surface area contributed by atoms with Gasteiger partial charge in [0.05, 0.1) is 7.11 Å². The first kappa shape index (κ1) is 56.1. The molecule has 0 atom stereocenters. The number of hydrogen-bond donors (Lipinski definition) is 7. The molecule has 0 radical (unpaired) electrons. The van der Waals surface area contributed by atoms with Crippen LogP contribution in [0.1, 0.15) is 199 Å². The second-order valence-corrected chi connectivity index (χ2v) is 30.9. The molecular weight excluding hydrogens is 997 g/mol. The van der Waals surface area contributed by atoms with Crippen LogP contribution in [0.15, 0.2) is 72.8 Å². The van der Waals surface area contributed by atoms with Crippen LogP contribution >= 0.6 is 0 Å². The smallest absolute Gasteiger partial charge is 0.121 e. The molecule has 16 aliphatic rings. The number of phenols is 3. The normalized spacial score (nSPS) is 38.0. The quantitative estimate of drug-likeness (QED) is 0.0708. The summed E-state index contributed by atoms with van der Waals surface area (Å²) < 4.78 is 5.36. The van der Waals surface area contributed by atoms with Crippen LogP contribution < -0.4 is 26.0 Å². The highest BCUT2D eigenvalue weighted by molar-refractivity contribution is 5.38. The molecule has 0 unspecified atom stereocenters. The van der Waals surface area contributed by atoms with Crippen LogP contribution in [0.3, 0.4) is 0 Å². The summed E-state index contributed by atoms with van der Waals surface area (Å²) in [7, 11) is 1.75. The Kier molecular flexibility index (Phi) is 15.7. The van der Waals surface area contributed by atoms with Gasteiger partial charge in [-0.3, -0.25) is 0 Å². The molecule has 16 aliphatic carbocycles. The molecule has 4 aromatic carbocycles. The molecule has 16 bridgehead atoms. The zero-order valence-corrected chi connectivity index (χ0v) is 50.4. The van der Waals surface area contributed by atoms with Gasteiger partial charge in [-0.2, -0.15) is 0 Å². The van der Waals surface area contributed by atoms with E-state index in [1.807, 2.05) is 38.1 Å². The molecule has 0 aliphatic heterocycles. The molecule has 8 nitrogen and oxygen atoms in total. The van der Waals surface area contributed by atoms with Crippen LogP contribution in [-0.2, 0) is 26.2 Å². The maximum atomic E-state index is 9.62. The number of benzene rings is 4. The third-order valence-corrected chi connectivity index (χ3v) is 24.1. The van der Waals surface area contributed by atoms with Gasteiger partial charge in [0.25, 0.3) is 0 Å². The van der Waals surface area contributed by atoms with Gasteiger partial charge >= 0.3 is 0 Å². The molecule has 4 aromatic rings. The van der Waals surface area contributed by atoms with Crippen molar-refractivity contribution in [3.8, 4) is 23.0 Å². The number of hydrogen-bond acceptors (Lipinski definition) is 8. The molecule has 0 aromatic heterocycles. The molecule has 8 heteroatoms. The van der Waals surface area contributed by atoms with Gasteiger partial charge in [-0.1, -0.05) is 42.5 Å². The molecule has 16 fully saturated rings. The second kappa shape index (κ2) is 22.7. The maximum Gasteiger partial charge on any atom is 0.121 e. The van der Waals surface area contributed by atoms with Gasteiger partial charge in [-0.15, -0.1) is 0 Å². The van der Waals surface area contributed by atoms with Gasteiger partial charge in [0.2, 0.25) is 0 Å². The summed E-state index contributed by atoms with van der Waals surface area (Å²) in [5.74, 6) is 14.2. The minimum absolute atomic E-state index is 0.376. The van der Waals surface area contributed by atoms with Crippen LogP contribution in [0.25, 0.3) is 0 Å². The van der Waals surface area contributed by atoms with Gasteiger partial charge in [-0.25, -0.2) is 0 Å². The monoisotopic (exact) mass is 1100 g/mol. The van der Waals surface area contributed by atoms with Gasteiger partial charge < -0.3 is 41.3 Å². The van der Waals surface area contributed by atoms with Gasteiger partial charge in [0.15, 0.2) is 0 Å². The van der Waals surface area contributed by atoms with Crippen LogP contribution in [0.4, 0.5) is 0 Å². The van der Waals surface area contributed by atoms with Gasteiger partial charge in [-0.05, 0) is 328 Å². The predicted octanol–water partition coefficient (Wildman–Crippen LogP) is 15.3. The van der Waals surface area contributed by atoms with Crippen molar-refractivity contribution < 1.29 is 20.1 Å². The number of rotatable bonds is 13. The first-order valence-electron chi connectivity index (χ1n) is 33.0. The van der Waals surface area contributed by atoms with Crippen LogP contribution in [0, 0.1) is 98.7 Å². The Morgan fingerprint density at radius 3 is 0.901 bits per heavy atom. The van der Waals surface area contributed by atoms with E-state index in [0.717, 1.165) is 114 Å². The number of phenolic OH excluding ortho intramolecular Hbond substituents is 3. The largest absolute Gasteiger partial charge is 0.508 e. The fraction of sp³-hybridized carbons (Fsp3) is 0.671. The number of nitrogens with one attached hydrogen (secondary N) is 4. The highest BCUT2D eigenvalue weighted by Crippen LogP contribution is 2.59. The number of methoxy groups -OCH3 is 1. The lowest BCUT2D eigenvalue weighted by Gasteiger charge is -2.57. The summed E-state index contributed by atoms with van der Waals surface area (Å²) >= 11 is 0. The zero-order valence-electron chi connectivity index (χ0n) is 50.4. The Bertz CT molecular complexity index is 2630. The van der Waals surface area contributed by atoms with Crippen molar-refractivity contribution >= 4 is 0 Å².